The Hall–Kier alpha value is -1.88. The molecule has 2 heterocycles. The quantitative estimate of drug-likeness (QED) is 0.585. The summed E-state index contributed by atoms with van der Waals surface area (Å²) in [6.07, 6.45) is 3.90. The van der Waals surface area contributed by atoms with Crippen LogP contribution >= 0.6 is 23.4 Å². The third kappa shape index (κ3) is 4.34. The fourth-order valence-electron chi connectivity index (χ4n) is 3.33. The highest BCUT2D eigenvalue weighted by molar-refractivity contribution is 7.98. The van der Waals surface area contributed by atoms with Gasteiger partial charge >= 0.3 is 0 Å². The van der Waals surface area contributed by atoms with E-state index in [1.54, 1.807) is 23.9 Å². The maximum Gasteiger partial charge on any atom is 0.123 e. The lowest BCUT2D eigenvalue weighted by Gasteiger charge is -2.13. The number of hydrogen-bond donors (Lipinski definition) is 1. The van der Waals surface area contributed by atoms with Crippen LogP contribution in [0.4, 0.5) is 4.39 Å². The smallest absolute Gasteiger partial charge is 0.123 e. The highest BCUT2D eigenvalue weighted by Gasteiger charge is 2.15. The maximum absolute atomic E-state index is 13.1. The lowest BCUT2D eigenvalue weighted by atomic mass is 10.0. The molecule has 1 aliphatic heterocycles. The predicted molar refractivity (Wildman–Crippen MR) is 111 cm³/mol. The van der Waals surface area contributed by atoms with Gasteiger partial charge in [-0.05, 0) is 66.9 Å². The van der Waals surface area contributed by atoms with Crippen molar-refractivity contribution in [3.05, 3.63) is 82.4 Å². The zero-order valence-corrected chi connectivity index (χ0v) is 16.4. The lowest BCUT2D eigenvalue weighted by Crippen LogP contribution is -2.16. The summed E-state index contributed by atoms with van der Waals surface area (Å²) in [6, 6.07) is 14.7. The number of aromatic nitrogens is 1. The fraction of sp³-hybridized carbons (Fsp3) is 0.227. The molecule has 27 heavy (non-hydrogen) atoms. The number of pyridine rings is 1. The molecule has 0 spiro atoms. The molecule has 3 aromatic rings. The van der Waals surface area contributed by atoms with Crippen molar-refractivity contribution >= 4 is 23.4 Å². The molecule has 0 saturated heterocycles. The number of nitrogens with one attached hydrogen (secondary N) is 1. The zero-order chi connectivity index (χ0) is 18.6. The third-order valence-corrected chi connectivity index (χ3v) is 6.42. The van der Waals surface area contributed by atoms with Crippen molar-refractivity contribution in [2.45, 2.75) is 23.5 Å². The number of rotatable bonds is 4. The van der Waals surface area contributed by atoms with E-state index >= 15 is 0 Å². The number of benzene rings is 2. The fourth-order valence-corrected chi connectivity index (χ4v) is 4.75. The van der Waals surface area contributed by atoms with Gasteiger partial charge in [0.25, 0.3) is 0 Å². The summed E-state index contributed by atoms with van der Waals surface area (Å²) in [6.45, 7) is 2.01. The minimum Gasteiger partial charge on any atom is -0.316 e. The standard InChI is InChI=1S/C22H20ClFN2S/c23-21-8-4-16-9-11-25-12-10-20(16)22(21)27-14-19-7-3-17(13-26-19)15-1-5-18(24)6-2-15/h1-8,13,25H,9-12,14H2. The van der Waals surface area contributed by atoms with Crippen molar-refractivity contribution in [1.29, 1.82) is 0 Å². The molecule has 0 amide bonds. The van der Waals surface area contributed by atoms with Crippen LogP contribution < -0.4 is 5.32 Å². The summed E-state index contributed by atoms with van der Waals surface area (Å²) < 4.78 is 13.1. The van der Waals surface area contributed by atoms with E-state index in [4.69, 9.17) is 11.6 Å². The van der Waals surface area contributed by atoms with Crippen LogP contribution in [0.25, 0.3) is 11.1 Å². The largest absolute Gasteiger partial charge is 0.316 e. The molecule has 1 aliphatic rings. The Bertz CT molecular complexity index is 926. The van der Waals surface area contributed by atoms with Crippen molar-refractivity contribution in [1.82, 2.24) is 10.3 Å². The Kier molecular flexibility index (Phi) is 5.77. The minimum absolute atomic E-state index is 0.228. The van der Waals surface area contributed by atoms with Gasteiger partial charge in [0, 0.05) is 22.4 Å². The summed E-state index contributed by atoms with van der Waals surface area (Å²) in [5, 5.41) is 4.27. The summed E-state index contributed by atoms with van der Waals surface area (Å²) in [7, 11) is 0. The average molecular weight is 399 g/mol. The minimum atomic E-state index is -0.228. The first-order chi connectivity index (χ1) is 13.2. The highest BCUT2D eigenvalue weighted by Crippen LogP contribution is 2.35. The Balaban J connectivity index is 1.50. The van der Waals surface area contributed by atoms with Gasteiger partial charge in [0.05, 0.1) is 10.7 Å². The molecule has 2 aromatic carbocycles. The van der Waals surface area contributed by atoms with Crippen LogP contribution in [0.1, 0.15) is 16.8 Å². The van der Waals surface area contributed by atoms with Gasteiger partial charge in [-0.25, -0.2) is 4.39 Å². The molecular weight excluding hydrogens is 379 g/mol. The molecular formula is C22H20ClFN2S. The van der Waals surface area contributed by atoms with Gasteiger partial charge in [-0.3, -0.25) is 4.98 Å². The molecule has 0 bridgehead atoms. The van der Waals surface area contributed by atoms with E-state index in [1.807, 2.05) is 24.4 Å². The lowest BCUT2D eigenvalue weighted by molar-refractivity contribution is 0.628. The molecule has 0 atom stereocenters. The van der Waals surface area contributed by atoms with E-state index in [0.29, 0.717) is 0 Å². The first-order valence-corrected chi connectivity index (χ1v) is 10.4. The highest BCUT2D eigenvalue weighted by atomic mass is 35.5. The molecule has 2 nitrogen and oxygen atoms in total. The van der Waals surface area contributed by atoms with E-state index in [9.17, 15) is 4.39 Å². The third-order valence-electron chi connectivity index (χ3n) is 4.80. The molecule has 5 heteroatoms. The van der Waals surface area contributed by atoms with Crippen LogP contribution in [0.15, 0.2) is 59.6 Å². The molecule has 0 fully saturated rings. The molecule has 1 N–H and O–H groups in total. The van der Waals surface area contributed by atoms with Crippen LogP contribution in [0.5, 0.6) is 0 Å². The maximum atomic E-state index is 13.1. The van der Waals surface area contributed by atoms with Crippen LogP contribution in [0.2, 0.25) is 5.02 Å². The van der Waals surface area contributed by atoms with Gasteiger partial charge in [0.2, 0.25) is 0 Å². The molecule has 0 radical (unpaired) electrons. The van der Waals surface area contributed by atoms with Crippen LogP contribution in [-0.4, -0.2) is 18.1 Å². The Morgan fingerprint density at radius 3 is 2.52 bits per heavy atom. The van der Waals surface area contributed by atoms with Crippen LogP contribution in [0, 0.1) is 5.82 Å². The van der Waals surface area contributed by atoms with Crippen LogP contribution in [0.3, 0.4) is 0 Å². The van der Waals surface area contributed by atoms with Gasteiger partial charge in [0.15, 0.2) is 0 Å². The van der Waals surface area contributed by atoms with E-state index in [-0.39, 0.29) is 5.82 Å². The molecule has 0 aliphatic carbocycles. The topological polar surface area (TPSA) is 24.9 Å². The van der Waals surface area contributed by atoms with E-state index in [0.717, 1.165) is 53.5 Å². The van der Waals surface area contributed by atoms with Crippen molar-refractivity contribution < 1.29 is 4.39 Å². The van der Waals surface area contributed by atoms with Crippen molar-refractivity contribution in [3.63, 3.8) is 0 Å². The number of fused-ring (bicyclic) bond motifs is 1. The molecule has 0 unspecified atom stereocenters. The van der Waals surface area contributed by atoms with Crippen LogP contribution in [-0.2, 0) is 18.6 Å². The number of thioether (sulfide) groups is 1. The number of halogens is 2. The monoisotopic (exact) mass is 398 g/mol. The predicted octanol–water partition coefficient (Wildman–Crippen LogP) is 5.52. The molecule has 0 saturated carbocycles. The van der Waals surface area contributed by atoms with Gasteiger partial charge in [-0.2, -0.15) is 0 Å². The van der Waals surface area contributed by atoms with Crippen molar-refractivity contribution in [3.8, 4) is 11.1 Å². The second-order valence-corrected chi connectivity index (χ2v) is 7.99. The summed E-state index contributed by atoms with van der Waals surface area (Å²) >= 11 is 8.26. The molecule has 138 valence electrons. The second-order valence-electron chi connectivity index (χ2n) is 6.60. The zero-order valence-electron chi connectivity index (χ0n) is 14.8. The summed E-state index contributed by atoms with van der Waals surface area (Å²) in [5.74, 6) is 0.543. The van der Waals surface area contributed by atoms with Crippen molar-refractivity contribution in [2.24, 2.45) is 0 Å². The van der Waals surface area contributed by atoms with E-state index in [1.165, 1.54) is 28.2 Å². The summed E-state index contributed by atoms with van der Waals surface area (Å²) in [5.41, 5.74) is 5.73. The average Bonchev–Trinajstić information content (AvgIpc) is 2.94. The molecule has 1 aromatic heterocycles. The first-order valence-electron chi connectivity index (χ1n) is 9.05. The summed E-state index contributed by atoms with van der Waals surface area (Å²) in [4.78, 5) is 5.77. The van der Waals surface area contributed by atoms with E-state index in [2.05, 4.69) is 16.4 Å². The van der Waals surface area contributed by atoms with E-state index < -0.39 is 0 Å². The second kappa shape index (κ2) is 8.42. The first kappa shape index (κ1) is 18.5. The Labute approximate surface area is 168 Å². The molecule has 4 rings (SSSR count). The van der Waals surface area contributed by atoms with Crippen molar-refractivity contribution in [2.75, 3.05) is 13.1 Å². The number of nitrogens with zero attached hydrogens (tertiary/aromatic N) is 1. The normalized spacial score (nSPS) is 13.9. The Morgan fingerprint density at radius 2 is 1.74 bits per heavy atom. The Morgan fingerprint density at radius 1 is 0.963 bits per heavy atom. The van der Waals surface area contributed by atoms with Gasteiger partial charge < -0.3 is 5.32 Å². The van der Waals surface area contributed by atoms with Gasteiger partial charge in [-0.1, -0.05) is 35.9 Å². The van der Waals surface area contributed by atoms with Gasteiger partial charge in [0.1, 0.15) is 5.82 Å². The number of hydrogen-bond acceptors (Lipinski definition) is 3. The van der Waals surface area contributed by atoms with Gasteiger partial charge in [-0.15, -0.1) is 11.8 Å². The SMILES string of the molecule is Fc1ccc(-c2ccc(CSc3c(Cl)ccc4c3CCNCC4)nc2)cc1.